The Labute approximate surface area is 190 Å². The molecule has 2 aliphatic rings. The minimum atomic E-state index is -0.213. The van der Waals surface area contributed by atoms with E-state index in [-0.39, 0.29) is 17.5 Å². The molecule has 0 radical (unpaired) electrons. The van der Waals surface area contributed by atoms with E-state index < -0.39 is 0 Å². The van der Waals surface area contributed by atoms with Gasteiger partial charge in [0, 0.05) is 49.9 Å². The molecule has 7 nitrogen and oxygen atoms in total. The van der Waals surface area contributed by atoms with Crippen LogP contribution in [0.15, 0.2) is 47.8 Å². The number of likely N-dealkylation sites (tertiary alicyclic amines) is 1. The Bertz CT molecular complexity index is 1430. The zero-order valence-electron chi connectivity index (χ0n) is 18.8. The van der Waals surface area contributed by atoms with Gasteiger partial charge in [0.05, 0.1) is 11.5 Å². The van der Waals surface area contributed by atoms with Crippen molar-refractivity contribution in [2.24, 2.45) is 12.5 Å². The molecule has 8 heteroatoms. The normalized spacial score (nSPS) is 18.0. The molecule has 1 aliphatic carbocycles. The molecule has 6 rings (SSSR count). The fraction of sp³-hybridized carbons (Fsp3) is 0.400. The average molecular weight is 448 g/mol. The number of nitrogens with zero attached hydrogens (tertiary/aromatic N) is 5. The number of hydrogen-bond acceptors (Lipinski definition) is 5. The van der Waals surface area contributed by atoms with Crippen LogP contribution in [-0.2, 0) is 13.5 Å². The summed E-state index contributed by atoms with van der Waals surface area (Å²) in [6.07, 6.45) is 7.63. The van der Waals surface area contributed by atoms with E-state index in [1.165, 1.54) is 12.5 Å². The molecule has 1 aliphatic heterocycles. The first-order chi connectivity index (χ1) is 15.9. The second kappa shape index (κ2) is 7.38. The molecule has 1 saturated carbocycles. The number of ether oxygens (including phenoxy) is 1. The number of aromatic nitrogens is 4. The number of aryl methyl sites for hydroxylation is 2. The third-order valence-electron chi connectivity index (χ3n) is 7.31. The Morgan fingerprint density at radius 3 is 2.88 bits per heavy atom. The monoisotopic (exact) mass is 447 g/mol. The molecule has 0 amide bonds. The van der Waals surface area contributed by atoms with Gasteiger partial charge in [-0.3, -0.25) is 9.20 Å². The van der Waals surface area contributed by atoms with Crippen molar-refractivity contribution in [3.05, 3.63) is 70.3 Å². The Morgan fingerprint density at radius 1 is 1.24 bits per heavy atom. The van der Waals surface area contributed by atoms with Gasteiger partial charge >= 0.3 is 0 Å². The zero-order valence-corrected chi connectivity index (χ0v) is 18.8. The van der Waals surface area contributed by atoms with Crippen LogP contribution in [0.5, 0.6) is 5.75 Å². The molecule has 3 aromatic heterocycles. The maximum Gasteiger partial charge on any atom is 0.258 e. The highest BCUT2D eigenvalue weighted by Crippen LogP contribution is 2.50. The van der Waals surface area contributed by atoms with Crippen molar-refractivity contribution >= 4 is 16.4 Å². The second-order valence-electron chi connectivity index (χ2n) is 9.75. The van der Waals surface area contributed by atoms with Crippen molar-refractivity contribution in [1.29, 1.82) is 0 Å². The Hall–Kier alpha value is -3.26. The van der Waals surface area contributed by atoms with E-state index in [0.29, 0.717) is 23.0 Å². The van der Waals surface area contributed by atoms with E-state index in [0.717, 1.165) is 54.6 Å². The molecule has 1 aromatic carbocycles. The maximum absolute atomic E-state index is 14.3. The molecule has 0 N–H and O–H groups in total. The van der Waals surface area contributed by atoms with Gasteiger partial charge in [-0.25, -0.2) is 4.39 Å². The summed E-state index contributed by atoms with van der Waals surface area (Å²) in [5.74, 6) is 0.582. The first-order valence-electron chi connectivity index (χ1n) is 11.4. The SMILES string of the molecule is Cc1ccc(OC2CC3(C2)CN(CCc2cc4nncn4cc2F)C3)c2ccn(C)c(=O)c12. The predicted octanol–water partition coefficient (Wildman–Crippen LogP) is 3.11. The fourth-order valence-corrected chi connectivity index (χ4v) is 5.53. The third-order valence-corrected chi connectivity index (χ3v) is 7.31. The van der Waals surface area contributed by atoms with Gasteiger partial charge in [-0.15, -0.1) is 10.2 Å². The number of benzene rings is 1. The Kier molecular flexibility index (Phi) is 4.55. The van der Waals surface area contributed by atoms with Gasteiger partial charge in [0.25, 0.3) is 5.56 Å². The van der Waals surface area contributed by atoms with Crippen LogP contribution in [0.2, 0.25) is 0 Å². The van der Waals surface area contributed by atoms with Gasteiger partial charge in [0.1, 0.15) is 17.9 Å². The molecular formula is C25H26FN5O2. The summed E-state index contributed by atoms with van der Waals surface area (Å²) in [5.41, 5.74) is 2.65. The van der Waals surface area contributed by atoms with Crippen LogP contribution in [0.3, 0.4) is 0 Å². The van der Waals surface area contributed by atoms with Gasteiger partial charge in [-0.05, 0) is 55.5 Å². The number of hydrogen-bond donors (Lipinski definition) is 0. The minimum absolute atomic E-state index is 0.00904. The minimum Gasteiger partial charge on any atom is -0.490 e. The molecule has 4 aromatic rings. The van der Waals surface area contributed by atoms with Gasteiger partial charge in [0.15, 0.2) is 5.65 Å². The van der Waals surface area contributed by atoms with E-state index in [1.807, 2.05) is 25.1 Å². The lowest BCUT2D eigenvalue weighted by Crippen LogP contribution is -2.64. The van der Waals surface area contributed by atoms with Gasteiger partial charge in [0.2, 0.25) is 0 Å². The lowest BCUT2D eigenvalue weighted by molar-refractivity contribution is -0.118. The summed E-state index contributed by atoms with van der Waals surface area (Å²) in [6.45, 7) is 4.85. The van der Waals surface area contributed by atoms with E-state index in [1.54, 1.807) is 28.3 Å². The maximum atomic E-state index is 14.3. The zero-order chi connectivity index (χ0) is 22.7. The molecule has 0 unspecified atom stereocenters. The van der Waals surface area contributed by atoms with Gasteiger partial charge < -0.3 is 14.2 Å². The van der Waals surface area contributed by atoms with Crippen LogP contribution in [0.1, 0.15) is 24.0 Å². The molecule has 0 bridgehead atoms. The highest BCUT2D eigenvalue weighted by Gasteiger charge is 2.53. The quantitative estimate of drug-likeness (QED) is 0.470. The summed E-state index contributed by atoms with van der Waals surface area (Å²) in [6, 6.07) is 7.70. The topological polar surface area (TPSA) is 64.7 Å². The van der Waals surface area contributed by atoms with E-state index >= 15 is 0 Å². The first-order valence-corrected chi connectivity index (χ1v) is 11.4. The summed E-state index contributed by atoms with van der Waals surface area (Å²) in [5, 5.41) is 9.44. The molecule has 1 saturated heterocycles. The van der Waals surface area contributed by atoms with Crippen LogP contribution in [0, 0.1) is 18.2 Å². The van der Waals surface area contributed by atoms with Crippen molar-refractivity contribution in [3.63, 3.8) is 0 Å². The van der Waals surface area contributed by atoms with Crippen LogP contribution in [0.4, 0.5) is 4.39 Å². The standard InChI is InChI=1S/C25H26FN5O2/c1-16-3-4-21(19-6-7-29(2)24(32)23(16)19)33-18-10-25(11-18)13-30(14-25)8-5-17-9-22-28-27-15-31(22)12-20(17)26/h3-4,6-7,9,12,15,18H,5,8,10-11,13-14H2,1-2H3. The number of pyridine rings is 2. The number of fused-ring (bicyclic) bond motifs is 2. The molecule has 170 valence electrons. The van der Waals surface area contributed by atoms with Crippen LogP contribution in [-0.4, -0.2) is 49.8 Å². The van der Waals surface area contributed by atoms with Crippen LogP contribution in [0.25, 0.3) is 16.4 Å². The van der Waals surface area contributed by atoms with Crippen molar-refractivity contribution in [1.82, 2.24) is 24.1 Å². The molecular weight excluding hydrogens is 421 g/mol. The molecule has 0 atom stereocenters. The third kappa shape index (κ3) is 3.40. The first kappa shape index (κ1) is 20.4. The molecule has 2 fully saturated rings. The lowest BCUT2D eigenvalue weighted by atomic mass is 9.61. The van der Waals surface area contributed by atoms with Crippen molar-refractivity contribution in [2.45, 2.75) is 32.3 Å². The summed E-state index contributed by atoms with van der Waals surface area (Å²) in [7, 11) is 1.77. The van der Waals surface area contributed by atoms with E-state index in [4.69, 9.17) is 4.74 Å². The van der Waals surface area contributed by atoms with Gasteiger partial charge in [-0.2, -0.15) is 0 Å². The van der Waals surface area contributed by atoms with E-state index in [9.17, 15) is 9.18 Å². The smallest absolute Gasteiger partial charge is 0.258 e. The number of rotatable bonds is 5. The molecule has 33 heavy (non-hydrogen) atoms. The van der Waals surface area contributed by atoms with Crippen molar-refractivity contribution in [2.75, 3.05) is 19.6 Å². The van der Waals surface area contributed by atoms with Gasteiger partial charge in [-0.1, -0.05) is 6.07 Å². The predicted molar refractivity (Wildman–Crippen MR) is 123 cm³/mol. The molecule has 1 spiro atoms. The van der Waals surface area contributed by atoms with Crippen LogP contribution >= 0.6 is 0 Å². The van der Waals surface area contributed by atoms with E-state index in [2.05, 4.69) is 15.1 Å². The lowest BCUT2D eigenvalue weighted by Gasteiger charge is -2.58. The van der Waals surface area contributed by atoms with Crippen molar-refractivity contribution in [3.8, 4) is 5.75 Å². The number of halogens is 1. The summed E-state index contributed by atoms with van der Waals surface area (Å²) >= 11 is 0. The second-order valence-corrected chi connectivity index (χ2v) is 9.75. The highest BCUT2D eigenvalue weighted by atomic mass is 19.1. The largest absolute Gasteiger partial charge is 0.490 e. The fourth-order valence-electron chi connectivity index (χ4n) is 5.53. The summed E-state index contributed by atoms with van der Waals surface area (Å²) in [4.78, 5) is 15.0. The van der Waals surface area contributed by atoms with Crippen LogP contribution < -0.4 is 10.3 Å². The highest BCUT2D eigenvalue weighted by molar-refractivity contribution is 5.90. The Balaban J connectivity index is 1.06. The van der Waals surface area contributed by atoms with Crippen molar-refractivity contribution < 1.29 is 9.13 Å². The Morgan fingerprint density at radius 2 is 2.06 bits per heavy atom. The summed E-state index contributed by atoms with van der Waals surface area (Å²) < 4.78 is 23.8. The molecule has 4 heterocycles. The average Bonchev–Trinajstić information content (AvgIpc) is 3.19.